The molecular formula is C21H24N2O4S. The van der Waals surface area contributed by atoms with E-state index in [1.807, 2.05) is 31.2 Å². The summed E-state index contributed by atoms with van der Waals surface area (Å²) >= 11 is 0. The normalized spacial score (nSPS) is 15.6. The maximum Gasteiger partial charge on any atom is 0.244 e. The minimum Gasteiger partial charge on any atom is -0.379 e. The average molecular weight is 401 g/mol. The summed E-state index contributed by atoms with van der Waals surface area (Å²) in [6.45, 7) is 4.04. The van der Waals surface area contributed by atoms with E-state index >= 15 is 0 Å². The van der Waals surface area contributed by atoms with Crippen LogP contribution in [0.4, 0.5) is 0 Å². The minimum absolute atomic E-state index is 0.203. The summed E-state index contributed by atoms with van der Waals surface area (Å²) < 4.78 is 31.8. The second kappa shape index (κ2) is 9.14. The topological polar surface area (TPSA) is 75.7 Å². The maximum atomic E-state index is 12.6. The quantitative estimate of drug-likeness (QED) is 0.756. The summed E-state index contributed by atoms with van der Waals surface area (Å²) in [7, 11) is -3.50. The predicted octanol–water partition coefficient (Wildman–Crippen LogP) is 2.35. The summed E-state index contributed by atoms with van der Waals surface area (Å²) in [6, 6.07) is 14.5. The first kappa shape index (κ1) is 20.3. The van der Waals surface area contributed by atoms with Crippen molar-refractivity contribution in [2.75, 3.05) is 26.3 Å². The van der Waals surface area contributed by atoms with Crippen molar-refractivity contribution in [2.45, 2.75) is 18.4 Å². The fraction of sp³-hybridized carbons (Fsp3) is 0.286. The highest BCUT2D eigenvalue weighted by atomic mass is 32.2. The molecule has 3 rings (SSSR count). The Hall–Kier alpha value is -2.48. The number of morpholine rings is 1. The zero-order valence-corrected chi connectivity index (χ0v) is 16.6. The van der Waals surface area contributed by atoms with Crippen LogP contribution in [-0.2, 0) is 26.1 Å². The molecule has 0 spiro atoms. The highest BCUT2D eigenvalue weighted by Crippen LogP contribution is 2.18. The molecule has 1 amide bonds. The number of aryl methyl sites for hydroxylation is 1. The number of sulfonamides is 1. The predicted molar refractivity (Wildman–Crippen MR) is 108 cm³/mol. The van der Waals surface area contributed by atoms with Crippen LogP contribution >= 0.6 is 0 Å². The Kier molecular flexibility index (Phi) is 6.61. The van der Waals surface area contributed by atoms with Gasteiger partial charge in [0.1, 0.15) is 0 Å². The van der Waals surface area contributed by atoms with Crippen LogP contribution in [0.5, 0.6) is 0 Å². The van der Waals surface area contributed by atoms with Crippen LogP contribution in [0.25, 0.3) is 6.08 Å². The Balaban J connectivity index is 1.57. The molecule has 1 aliphatic rings. The van der Waals surface area contributed by atoms with Crippen molar-refractivity contribution < 1.29 is 17.9 Å². The number of hydrogen-bond acceptors (Lipinski definition) is 4. The average Bonchev–Trinajstić information content (AvgIpc) is 2.73. The summed E-state index contributed by atoms with van der Waals surface area (Å²) in [5, 5.41) is 2.83. The first-order valence-electron chi connectivity index (χ1n) is 9.14. The van der Waals surface area contributed by atoms with Gasteiger partial charge in [-0.15, -0.1) is 0 Å². The van der Waals surface area contributed by atoms with Gasteiger partial charge in [-0.3, -0.25) is 4.79 Å². The van der Waals surface area contributed by atoms with Crippen LogP contribution in [0.1, 0.15) is 16.7 Å². The lowest BCUT2D eigenvalue weighted by atomic mass is 10.1. The summed E-state index contributed by atoms with van der Waals surface area (Å²) in [6.07, 6.45) is 3.11. The van der Waals surface area contributed by atoms with E-state index in [0.717, 1.165) is 11.1 Å². The third-order valence-electron chi connectivity index (χ3n) is 4.50. The Morgan fingerprint density at radius 2 is 1.71 bits per heavy atom. The highest BCUT2D eigenvalue weighted by molar-refractivity contribution is 7.89. The van der Waals surface area contributed by atoms with Gasteiger partial charge in [0.15, 0.2) is 0 Å². The number of benzene rings is 2. The van der Waals surface area contributed by atoms with E-state index in [-0.39, 0.29) is 10.8 Å². The molecular weight excluding hydrogens is 376 g/mol. The Morgan fingerprint density at radius 3 is 2.36 bits per heavy atom. The van der Waals surface area contributed by atoms with E-state index in [1.54, 1.807) is 30.3 Å². The van der Waals surface area contributed by atoms with Gasteiger partial charge >= 0.3 is 0 Å². The van der Waals surface area contributed by atoms with Gasteiger partial charge in [0.05, 0.1) is 18.1 Å². The highest BCUT2D eigenvalue weighted by Gasteiger charge is 2.25. The van der Waals surface area contributed by atoms with Crippen molar-refractivity contribution in [2.24, 2.45) is 0 Å². The van der Waals surface area contributed by atoms with Crippen LogP contribution in [0.2, 0.25) is 0 Å². The van der Waals surface area contributed by atoms with Gasteiger partial charge in [-0.25, -0.2) is 8.42 Å². The molecule has 0 atom stereocenters. The van der Waals surface area contributed by atoms with E-state index in [2.05, 4.69) is 5.32 Å². The van der Waals surface area contributed by atoms with Crippen molar-refractivity contribution in [3.05, 3.63) is 71.3 Å². The molecule has 0 aromatic heterocycles. The largest absolute Gasteiger partial charge is 0.379 e. The number of nitrogens with one attached hydrogen (secondary N) is 1. The molecule has 2 aromatic carbocycles. The molecule has 1 N–H and O–H groups in total. The number of ether oxygens (including phenoxy) is 1. The molecule has 7 heteroatoms. The van der Waals surface area contributed by atoms with Gasteiger partial charge in [-0.2, -0.15) is 4.31 Å². The lowest BCUT2D eigenvalue weighted by Gasteiger charge is -2.26. The van der Waals surface area contributed by atoms with Crippen LogP contribution in [0.15, 0.2) is 59.5 Å². The molecule has 28 heavy (non-hydrogen) atoms. The van der Waals surface area contributed by atoms with Gasteiger partial charge in [0, 0.05) is 25.7 Å². The lowest BCUT2D eigenvalue weighted by molar-refractivity contribution is -0.116. The van der Waals surface area contributed by atoms with E-state index in [0.29, 0.717) is 32.8 Å². The van der Waals surface area contributed by atoms with Crippen LogP contribution in [0, 0.1) is 6.92 Å². The number of rotatable bonds is 6. The van der Waals surface area contributed by atoms with Gasteiger partial charge in [-0.05, 0) is 36.3 Å². The molecule has 0 unspecified atom stereocenters. The summed E-state index contributed by atoms with van der Waals surface area (Å²) in [5.41, 5.74) is 2.96. The Labute approximate surface area is 165 Å². The minimum atomic E-state index is -3.50. The third kappa shape index (κ3) is 5.28. The van der Waals surface area contributed by atoms with Crippen LogP contribution in [0.3, 0.4) is 0 Å². The second-order valence-electron chi connectivity index (χ2n) is 6.62. The van der Waals surface area contributed by atoms with Crippen molar-refractivity contribution in [3.63, 3.8) is 0 Å². The van der Waals surface area contributed by atoms with Gasteiger partial charge < -0.3 is 10.1 Å². The molecule has 0 bridgehead atoms. The first-order valence-corrected chi connectivity index (χ1v) is 10.6. The SMILES string of the molecule is Cc1ccc(CNC(=O)C=Cc2ccc(S(=O)(=O)N3CCOCC3)cc2)cc1. The maximum absolute atomic E-state index is 12.6. The third-order valence-corrected chi connectivity index (χ3v) is 6.42. The first-order chi connectivity index (χ1) is 13.4. The standard InChI is InChI=1S/C21H24N2O4S/c1-17-2-4-19(5-3-17)16-22-21(24)11-8-18-6-9-20(10-7-18)28(25,26)23-12-14-27-15-13-23/h2-11H,12-16H2,1H3,(H,22,24). The molecule has 1 aliphatic heterocycles. The molecule has 2 aromatic rings. The Morgan fingerprint density at radius 1 is 1.07 bits per heavy atom. The number of nitrogens with zero attached hydrogens (tertiary/aromatic N) is 1. The fourth-order valence-corrected chi connectivity index (χ4v) is 4.22. The second-order valence-corrected chi connectivity index (χ2v) is 8.56. The van der Waals surface area contributed by atoms with Crippen LogP contribution in [-0.4, -0.2) is 44.9 Å². The van der Waals surface area contributed by atoms with E-state index in [4.69, 9.17) is 4.74 Å². The van der Waals surface area contributed by atoms with Crippen LogP contribution < -0.4 is 5.32 Å². The zero-order valence-electron chi connectivity index (χ0n) is 15.8. The molecule has 1 heterocycles. The lowest BCUT2D eigenvalue weighted by Crippen LogP contribution is -2.40. The monoisotopic (exact) mass is 400 g/mol. The molecule has 6 nitrogen and oxygen atoms in total. The van der Waals surface area contributed by atoms with Crippen molar-refractivity contribution in [1.82, 2.24) is 9.62 Å². The number of carbonyl (C=O) groups is 1. The number of carbonyl (C=O) groups excluding carboxylic acids is 1. The molecule has 0 aliphatic carbocycles. The number of hydrogen-bond donors (Lipinski definition) is 1. The smallest absolute Gasteiger partial charge is 0.244 e. The molecule has 1 fully saturated rings. The van der Waals surface area contributed by atoms with Crippen molar-refractivity contribution >= 4 is 22.0 Å². The van der Waals surface area contributed by atoms with E-state index in [9.17, 15) is 13.2 Å². The zero-order chi connectivity index (χ0) is 20.0. The molecule has 0 radical (unpaired) electrons. The summed E-state index contributed by atoms with van der Waals surface area (Å²) in [5.74, 6) is -0.203. The molecule has 1 saturated heterocycles. The fourth-order valence-electron chi connectivity index (χ4n) is 2.81. The summed E-state index contributed by atoms with van der Waals surface area (Å²) in [4.78, 5) is 12.2. The van der Waals surface area contributed by atoms with Gasteiger partial charge in [0.2, 0.25) is 15.9 Å². The Bertz CT molecular complexity index is 929. The van der Waals surface area contributed by atoms with Gasteiger partial charge in [0.25, 0.3) is 0 Å². The number of amides is 1. The molecule has 148 valence electrons. The molecule has 0 saturated carbocycles. The van der Waals surface area contributed by atoms with Gasteiger partial charge in [-0.1, -0.05) is 42.0 Å². The van der Waals surface area contributed by atoms with E-state index < -0.39 is 10.0 Å². The van der Waals surface area contributed by atoms with E-state index in [1.165, 1.54) is 15.9 Å². The van der Waals surface area contributed by atoms with Crippen molar-refractivity contribution in [3.8, 4) is 0 Å². The van der Waals surface area contributed by atoms with Crippen molar-refractivity contribution in [1.29, 1.82) is 0 Å².